The van der Waals surface area contributed by atoms with Crippen molar-refractivity contribution in [3.05, 3.63) is 58.2 Å². The highest BCUT2D eigenvalue weighted by atomic mass is 35.5. The first-order chi connectivity index (χ1) is 14.2. The van der Waals surface area contributed by atoms with E-state index in [0.717, 1.165) is 0 Å². The Hall–Kier alpha value is -2.84. The predicted octanol–water partition coefficient (Wildman–Crippen LogP) is 4.85. The van der Waals surface area contributed by atoms with Gasteiger partial charge in [0.2, 0.25) is 0 Å². The second-order valence-corrected chi connectivity index (χ2v) is 7.32. The number of esters is 1. The summed E-state index contributed by atoms with van der Waals surface area (Å²) in [6.07, 6.45) is 4.13. The van der Waals surface area contributed by atoms with Crippen LogP contribution in [0.25, 0.3) is 11.1 Å². The summed E-state index contributed by atoms with van der Waals surface area (Å²) >= 11 is 12.2. The van der Waals surface area contributed by atoms with Crippen LogP contribution >= 0.6 is 23.2 Å². The highest BCUT2D eigenvalue weighted by Crippen LogP contribution is 2.37. The monoisotopic (exact) mass is 452 g/mol. The first-order valence-electron chi connectivity index (χ1n) is 8.90. The number of nitrogens with zero attached hydrogens (tertiary/aromatic N) is 3. The van der Waals surface area contributed by atoms with E-state index in [1.807, 2.05) is 0 Å². The summed E-state index contributed by atoms with van der Waals surface area (Å²) in [6, 6.07) is 3.68. The SMILES string of the molecule is COC(=O)[C@@H](C)n1cc(-c2cnc(N)c(OC(C)c3c(Cl)ccc(F)c3Cl)c2)cn1. The number of nitrogens with two attached hydrogens (primary N) is 1. The fourth-order valence-corrected chi connectivity index (χ4v) is 3.53. The summed E-state index contributed by atoms with van der Waals surface area (Å²) in [5.41, 5.74) is 7.61. The third kappa shape index (κ3) is 4.34. The highest BCUT2D eigenvalue weighted by Gasteiger charge is 2.21. The standard InChI is InChI=1S/C20H19Cl2FN4O3/c1-10(20(28)29-3)27-9-13(8-26-27)12-6-16(19(24)25-7-12)30-11(2)17-14(21)4-5-15(23)18(17)22/h4-11H,1-3H3,(H2,24,25)/t10-,11?/m1/s1. The molecule has 2 atom stereocenters. The zero-order chi connectivity index (χ0) is 22.0. The van der Waals surface area contributed by atoms with E-state index in [1.54, 1.807) is 38.5 Å². The van der Waals surface area contributed by atoms with E-state index in [9.17, 15) is 9.18 Å². The summed E-state index contributed by atoms with van der Waals surface area (Å²) in [5, 5.41) is 4.35. The van der Waals surface area contributed by atoms with Gasteiger partial charge < -0.3 is 15.2 Å². The Morgan fingerprint density at radius 2 is 1.97 bits per heavy atom. The van der Waals surface area contributed by atoms with Crippen LogP contribution in [0, 0.1) is 5.82 Å². The second-order valence-electron chi connectivity index (χ2n) is 6.53. The molecule has 0 saturated carbocycles. The molecule has 0 amide bonds. The zero-order valence-corrected chi connectivity index (χ0v) is 17.9. The predicted molar refractivity (Wildman–Crippen MR) is 112 cm³/mol. The summed E-state index contributed by atoms with van der Waals surface area (Å²) in [6.45, 7) is 3.35. The van der Waals surface area contributed by atoms with E-state index >= 15 is 0 Å². The molecule has 0 bridgehead atoms. The van der Waals surface area contributed by atoms with E-state index in [1.165, 1.54) is 23.9 Å². The van der Waals surface area contributed by atoms with Crippen LogP contribution in [-0.4, -0.2) is 27.8 Å². The van der Waals surface area contributed by atoms with Gasteiger partial charge in [0.1, 0.15) is 18.0 Å². The smallest absolute Gasteiger partial charge is 0.330 e. The van der Waals surface area contributed by atoms with Crippen molar-refractivity contribution in [2.24, 2.45) is 0 Å². The molecule has 10 heteroatoms. The molecule has 1 unspecified atom stereocenters. The molecule has 7 nitrogen and oxygen atoms in total. The third-order valence-corrected chi connectivity index (χ3v) is 5.26. The van der Waals surface area contributed by atoms with Crippen molar-refractivity contribution >= 4 is 35.0 Å². The molecule has 2 aromatic heterocycles. The Kier molecular flexibility index (Phi) is 6.48. The third-order valence-electron chi connectivity index (χ3n) is 4.55. The number of aromatic nitrogens is 3. The average Bonchev–Trinajstić information content (AvgIpc) is 3.21. The molecular formula is C20H19Cl2FN4O3. The van der Waals surface area contributed by atoms with Crippen LogP contribution < -0.4 is 10.5 Å². The number of benzene rings is 1. The Morgan fingerprint density at radius 3 is 2.67 bits per heavy atom. The number of methoxy groups -OCH3 is 1. The van der Waals surface area contributed by atoms with Gasteiger partial charge in [-0.2, -0.15) is 5.10 Å². The van der Waals surface area contributed by atoms with E-state index in [0.29, 0.717) is 16.7 Å². The fraction of sp³-hybridized carbons (Fsp3) is 0.250. The fourth-order valence-electron chi connectivity index (χ4n) is 2.85. The summed E-state index contributed by atoms with van der Waals surface area (Å²) in [5.74, 6) is -0.602. The Balaban J connectivity index is 1.89. The van der Waals surface area contributed by atoms with Gasteiger partial charge in [0, 0.05) is 34.1 Å². The summed E-state index contributed by atoms with van der Waals surface area (Å²) in [4.78, 5) is 15.9. The van der Waals surface area contributed by atoms with E-state index in [-0.39, 0.29) is 21.6 Å². The number of anilines is 1. The molecule has 30 heavy (non-hydrogen) atoms. The number of nitrogen functional groups attached to an aromatic ring is 1. The van der Waals surface area contributed by atoms with Gasteiger partial charge in [0.05, 0.1) is 18.3 Å². The van der Waals surface area contributed by atoms with E-state index in [4.69, 9.17) is 38.4 Å². The molecule has 0 aliphatic rings. The van der Waals surface area contributed by atoms with Crippen molar-refractivity contribution in [1.29, 1.82) is 0 Å². The van der Waals surface area contributed by atoms with Gasteiger partial charge >= 0.3 is 5.97 Å². The highest BCUT2D eigenvalue weighted by molar-refractivity contribution is 6.36. The number of hydrogen-bond acceptors (Lipinski definition) is 6. The second kappa shape index (κ2) is 8.89. The normalized spacial score (nSPS) is 13.0. The van der Waals surface area contributed by atoms with E-state index < -0.39 is 23.9 Å². The zero-order valence-electron chi connectivity index (χ0n) is 16.4. The van der Waals surface area contributed by atoms with Crippen LogP contribution in [0.1, 0.15) is 31.6 Å². The van der Waals surface area contributed by atoms with Gasteiger partial charge in [0.25, 0.3) is 0 Å². The maximum absolute atomic E-state index is 13.8. The molecule has 0 aliphatic carbocycles. The molecule has 2 N–H and O–H groups in total. The Bertz CT molecular complexity index is 1090. The van der Waals surface area contributed by atoms with Gasteiger partial charge in [-0.15, -0.1) is 0 Å². The minimum absolute atomic E-state index is 0.115. The number of ether oxygens (including phenoxy) is 2. The molecular weight excluding hydrogens is 434 g/mol. The number of halogens is 3. The van der Waals surface area contributed by atoms with Crippen LogP contribution in [0.4, 0.5) is 10.2 Å². The molecule has 3 aromatic rings. The first kappa shape index (κ1) is 21.9. The van der Waals surface area contributed by atoms with Crippen LogP contribution in [-0.2, 0) is 9.53 Å². The lowest BCUT2D eigenvalue weighted by atomic mass is 10.1. The van der Waals surface area contributed by atoms with Gasteiger partial charge in [0.15, 0.2) is 11.6 Å². The van der Waals surface area contributed by atoms with Crippen molar-refractivity contribution < 1.29 is 18.7 Å². The lowest BCUT2D eigenvalue weighted by molar-refractivity contribution is -0.144. The molecule has 2 heterocycles. The summed E-state index contributed by atoms with van der Waals surface area (Å²) in [7, 11) is 1.31. The number of rotatable bonds is 6. The molecule has 0 saturated heterocycles. The average molecular weight is 453 g/mol. The molecule has 0 spiro atoms. The van der Waals surface area contributed by atoms with Gasteiger partial charge in [-0.1, -0.05) is 23.2 Å². The maximum atomic E-state index is 13.8. The minimum Gasteiger partial charge on any atom is -0.482 e. The quantitative estimate of drug-likeness (QED) is 0.424. The number of carbonyl (C=O) groups excluding carboxylic acids is 1. The molecule has 158 valence electrons. The minimum atomic E-state index is -0.692. The lowest BCUT2D eigenvalue weighted by Gasteiger charge is -2.19. The number of hydrogen-bond donors (Lipinski definition) is 1. The van der Waals surface area contributed by atoms with Crippen LogP contribution in [0.3, 0.4) is 0 Å². The van der Waals surface area contributed by atoms with E-state index in [2.05, 4.69) is 10.1 Å². The molecule has 3 rings (SSSR count). The first-order valence-corrected chi connectivity index (χ1v) is 9.66. The number of pyridine rings is 1. The molecule has 0 radical (unpaired) electrons. The van der Waals surface area contributed by atoms with Crippen molar-refractivity contribution in [2.45, 2.75) is 26.0 Å². The summed E-state index contributed by atoms with van der Waals surface area (Å²) < 4.78 is 26.0. The van der Waals surface area contributed by atoms with Crippen LogP contribution in [0.2, 0.25) is 10.0 Å². The van der Waals surface area contributed by atoms with Gasteiger partial charge in [-0.3, -0.25) is 4.68 Å². The lowest BCUT2D eigenvalue weighted by Crippen LogP contribution is -2.17. The Labute approximate surface area is 182 Å². The van der Waals surface area contributed by atoms with Gasteiger partial charge in [-0.25, -0.2) is 14.2 Å². The molecule has 0 fully saturated rings. The number of carbonyl (C=O) groups is 1. The topological polar surface area (TPSA) is 92.3 Å². The largest absolute Gasteiger partial charge is 0.482 e. The van der Waals surface area contributed by atoms with Crippen LogP contribution in [0.15, 0.2) is 36.8 Å². The van der Waals surface area contributed by atoms with Crippen molar-refractivity contribution in [2.75, 3.05) is 12.8 Å². The van der Waals surface area contributed by atoms with Gasteiger partial charge in [-0.05, 0) is 32.0 Å². The maximum Gasteiger partial charge on any atom is 0.330 e. The molecule has 0 aliphatic heterocycles. The molecule has 1 aromatic carbocycles. The van der Waals surface area contributed by atoms with Crippen molar-refractivity contribution in [3.63, 3.8) is 0 Å². The van der Waals surface area contributed by atoms with Crippen molar-refractivity contribution in [3.8, 4) is 16.9 Å². The Morgan fingerprint density at radius 1 is 1.23 bits per heavy atom. The van der Waals surface area contributed by atoms with Crippen molar-refractivity contribution in [1.82, 2.24) is 14.8 Å². The van der Waals surface area contributed by atoms with Crippen LogP contribution in [0.5, 0.6) is 5.75 Å².